The van der Waals surface area contributed by atoms with E-state index in [4.69, 9.17) is 18.9 Å². The summed E-state index contributed by atoms with van der Waals surface area (Å²) in [5, 5.41) is 0. The topological polar surface area (TPSA) is 57.2 Å². The van der Waals surface area contributed by atoms with Crippen molar-refractivity contribution in [2.75, 3.05) is 33.9 Å². The van der Waals surface area contributed by atoms with E-state index < -0.39 is 11.2 Å². The van der Waals surface area contributed by atoms with Gasteiger partial charge in [-0.1, -0.05) is 24.3 Å². The van der Waals surface area contributed by atoms with Crippen LogP contribution in [0.3, 0.4) is 0 Å². The van der Waals surface area contributed by atoms with Gasteiger partial charge >= 0.3 is 0 Å². The first-order valence-electron chi connectivity index (χ1n) is 10.8. The maximum atomic E-state index is 13.4. The van der Waals surface area contributed by atoms with Crippen LogP contribution in [0.2, 0.25) is 0 Å². The minimum atomic E-state index is -1.01. The second-order valence-corrected chi connectivity index (χ2v) is 8.64. The van der Waals surface area contributed by atoms with E-state index in [2.05, 4.69) is 6.07 Å². The largest absolute Gasteiger partial charge is 0.496 e. The van der Waals surface area contributed by atoms with Crippen LogP contribution in [0.15, 0.2) is 42.5 Å². The number of para-hydroxylation sites is 2. The summed E-state index contributed by atoms with van der Waals surface area (Å²) in [4.78, 5) is 15.2. The first-order valence-corrected chi connectivity index (χ1v) is 10.8. The van der Waals surface area contributed by atoms with Crippen LogP contribution in [-0.2, 0) is 21.6 Å². The van der Waals surface area contributed by atoms with Crippen LogP contribution >= 0.6 is 0 Å². The van der Waals surface area contributed by atoms with Crippen LogP contribution in [0.5, 0.6) is 17.2 Å². The smallest absolute Gasteiger partial charge is 0.266 e. The number of fused-ring (bicyclic) bond motifs is 2. The summed E-state index contributed by atoms with van der Waals surface area (Å²) in [6, 6.07) is 13.6. The summed E-state index contributed by atoms with van der Waals surface area (Å²) in [6.07, 6.45) is 2.35. The molecule has 6 heteroatoms. The van der Waals surface area contributed by atoms with Gasteiger partial charge in [0.05, 0.1) is 20.8 Å². The molecule has 1 saturated heterocycles. The molecule has 1 amide bonds. The van der Waals surface area contributed by atoms with E-state index in [9.17, 15) is 4.79 Å². The van der Waals surface area contributed by atoms with Crippen molar-refractivity contribution in [1.82, 2.24) is 4.90 Å². The third kappa shape index (κ3) is 3.97. The van der Waals surface area contributed by atoms with Gasteiger partial charge in [0.25, 0.3) is 5.91 Å². The highest BCUT2D eigenvalue weighted by atomic mass is 16.5. The summed E-state index contributed by atoms with van der Waals surface area (Å²) in [5.41, 5.74) is 1.03. The van der Waals surface area contributed by atoms with Gasteiger partial charge in [-0.05, 0) is 56.9 Å². The number of piperidine rings is 1. The molecule has 1 fully saturated rings. The Kier molecular flexibility index (Phi) is 5.84. The Morgan fingerprint density at radius 1 is 0.968 bits per heavy atom. The first-order chi connectivity index (χ1) is 14.9. The number of benzene rings is 2. The first kappa shape index (κ1) is 21.5. The fraction of sp³-hybridized carbons (Fsp3) is 0.480. The standard InChI is InChI=1S/C25H31NO5/c1-24(2,31-20-10-6-5-9-19(20)28-3)23(27)26-15-13-25(14-16-26)22-18(12-17-30-25)8-7-11-21(22)29-4/h5-11H,12-17H2,1-4H3. The maximum absolute atomic E-state index is 13.4. The van der Waals surface area contributed by atoms with Crippen molar-refractivity contribution in [3.8, 4) is 17.2 Å². The van der Waals surface area contributed by atoms with Crippen molar-refractivity contribution in [3.63, 3.8) is 0 Å². The number of ether oxygens (including phenoxy) is 4. The fourth-order valence-corrected chi connectivity index (χ4v) is 4.77. The van der Waals surface area contributed by atoms with Crippen LogP contribution in [0.25, 0.3) is 0 Å². The average Bonchev–Trinajstić information content (AvgIpc) is 2.79. The minimum absolute atomic E-state index is 0.0377. The van der Waals surface area contributed by atoms with Gasteiger partial charge in [-0.3, -0.25) is 4.79 Å². The molecule has 2 aromatic rings. The zero-order chi connectivity index (χ0) is 22.1. The van der Waals surface area contributed by atoms with E-state index in [1.807, 2.05) is 55.1 Å². The molecule has 0 N–H and O–H groups in total. The number of carbonyl (C=O) groups is 1. The molecule has 0 bridgehead atoms. The van der Waals surface area contributed by atoms with Gasteiger partial charge in [-0.2, -0.15) is 0 Å². The molecular formula is C25H31NO5. The lowest BCUT2D eigenvalue weighted by molar-refractivity contribution is -0.154. The van der Waals surface area contributed by atoms with Crippen molar-refractivity contribution in [2.24, 2.45) is 0 Å². The zero-order valence-corrected chi connectivity index (χ0v) is 18.8. The molecule has 2 aromatic carbocycles. The number of nitrogens with zero attached hydrogens (tertiary/aromatic N) is 1. The minimum Gasteiger partial charge on any atom is -0.496 e. The van der Waals surface area contributed by atoms with Gasteiger partial charge in [0.1, 0.15) is 11.4 Å². The average molecular weight is 426 g/mol. The Hall–Kier alpha value is -2.73. The van der Waals surface area contributed by atoms with Crippen molar-refractivity contribution in [2.45, 2.75) is 44.3 Å². The Bertz CT molecular complexity index is 932. The number of likely N-dealkylation sites (tertiary alicyclic amines) is 1. The van der Waals surface area contributed by atoms with Crippen molar-refractivity contribution < 1.29 is 23.7 Å². The summed E-state index contributed by atoms with van der Waals surface area (Å²) in [7, 11) is 3.30. The van der Waals surface area contributed by atoms with Gasteiger partial charge in [-0.15, -0.1) is 0 Å². The Balaban J connectivity index is 1.50. The highest BCUT2D eigenvalue weighted by molar-refractivity contribution is 5.85. The monoisotopic (exact) mass is 425 g/mol. The van der Waals surface area contributed by atoms with Gasteiger partial charge in [-0.25, -0.2) is 0 Å². The number of amides is 1. The van der Waals surface area contributed by atoms with E-state index in [1.54, 1.807) is 14.2 Å². The predicted octanol–water partition coefficient (Wildman–Crippen LogP) is 3.95. The lowest BCUT2D eigenvalue weighted by Crippen LogP contribution is -2.54. The SMILES string of the molecule is COc1ccccc1OC(C)(C)C(=O)N1CCC2(CC1)OCCc1cccc(OC)c12. The van der Waals surface area contributed by atoms with Gasteiger partial charge < -0.3 is 23.8 Å². The van der Waals surface area contributed by atoms with Gasteiger partial charge in [0.2, 0.25) is 0 Å². The molecule has 2 aliphatic rings. The van der Waals surface area contributed by atoms with Crippen LogP contribution in [0.4, 0.5) is 0 Å². The number of methoxy groups -OCH3 is 2. The molecular weight excluding hydrogens is 394 g/mol. The van der Waals surface area contributed by atoms with E-state index in [0.717, 1.165) is 30.6 Å². The van der Waals surface area contributed by atoms with E-state index in [1.165, 1.54) is 5.56 Å². The summed E-state index contributed by atoms with van der Waals surface area (Å²) in [5.74, 6) is 2.01. The second-order valence-electron chi connectivity index (χ2n) is 8.64. The summed E-state index contributed by atoms with van der Waals surface area (Å²) >= 11 is 0. The highest BCUT2D eigenvalue weighted by Gasteiger charge is 2.45. The van der Waals surface area contributed by atoms with E-state index in [0.29, 0.717) is 31.2 Å². The fourth-order valence-electron chi connectivity index (χ4n) is 4.77. The van der Waals surface area contributed by atoms with Crippen molar-refractivity contribution in [3.05, 3.63) is 53.6 Å². The summed E-state index contributed by atoms with van der Waals surface area (Å²) in [6.45, 7) is 5.52. The quantitative estimate of drug-likeness (QED) is 0.726. The molecule has 0 saturated carbocycles. The third-order valence-electron chi connectivity index (χ3n) is 6.35. The second kappa shape index (κ2) is 8.42. The molecule has 2 heterocycles. The third-order valence-corrected chi connectivity index (χ3v) is 6.35. The zero-order valence-electron chi connectivity index (χ0n) is 18.8. The lowest BCUT2D eigenvalue weighted by atomic mass is 9.78. The molecule has 1 spiro atoms. The number of rotatable bonds is 5. The highest BCUT2D eigenvalue weighted by Crippen LogP contribution is 2.46. The number of hydrogen-bond donors (Lipinski definition) is 0. The van der Waals surface area contributed by atoms with E-state index >= 15 is 0 Å². The summed E-state index contributed by atoms with van der Waals surface area (Å²) < 4.78 is 23.5. The Labute approximate surface area is 184 Å². The number of hydrogen-bond acceptors (Lipinski definition) is 5. The molecule has 0 radical (unpaired) electrons. The molecule has 0 atom stereocenters. The molecule has 2 aliphatic heterocycles. The molecule has 0 unspecified atom stereocenters. The molecule has 31 heavy (non-hydrogen) atoms. The van der Waals surface area contributed by atoms with Crippen LogP contribution in [0.1, 0.15) is 37.8 Å². The lowest BCUT2D eigenvalue weighted by Gasteiger charge is -2.46. The Morgan fingerprint density at radius 2 is 1.61 bits per heavy atom. The normalized spacial score (nSPS) is 17.7. The van der Waals surface area contributed by atoms with Crippen LogP contribution in [0, 0.1) is 0 Å². The molecule has 6 nitrogen and oxygen atoms in total. The van der Waals surface area contributed by atoms with Crippen molar-refractivity contribution >= 4 is 5.91 Å². The molecule has 166 valence electrons. The van der Waals surface area contributed by atoms with Crippen LogP contribution < -0.4 is 14.2 Å². The van der Waals surface area contributed by atoms with Gasteiger partial charge in [0.15, 0.2) is 17.1 Å². The van der Waals surface area contributed by atoms with E-state index in [-0.39, 0.29) is 5.91 Å². The predicted molar refractivity (Wildman–Crippen MR) is 118 cm³/mol. The van der Waals surface area contributed by atoms with Crippen molar-refractivity contribution in [1.29, 1.82) is 0 Å². The molecule has 0 aliphatic carbocycles. The van der Waals surface area contributed by atoms with Crippen LogP contribution in [-0.4, -0.2) is 50.3 Å². The maximum Gasteiger partial charge on any atom is 0.266 e. The number of carbonyl (C=O) groups excluding carboxylic acids is 1. The Morgan fingerprint density at radius 3 is 2.29 bits per heavy atom. The van der Waals surface area contributed by atoms with Gasteiger partial charge in [0, 0.05) is 18.7 Å². The molecule has 0 aromatic heterocycles. The molecule has 4 rings (SSSR count).